The molecule has 5 nitrogen and oxygen atoms in total. The Morgan fingerprint density at radius 3 is 2.85 bits per heavy atom. The van der Waals surface area contributed by atoms with Crippen LogP contribution in [0.5, 0.6) is 0 Å². The normalized spacial score (nSPS) is 27.4. The lowest BCUT2D eigenvalue weighted by Crippen LogP contribution is -2.45. The minimum Gasteiger partial charge on any atom is -0.378 e. The zero-order valence-corrected chi connectivity index (χ0v) is 12.4. The fourth-order valence-corrected chi connectivity index (χ4v) is 3.04. The summed E-state index contributed by atoms with van der Waals surface area (Å²) in [6.45, 7) is 8.26. The Hall–Kier alpha value is -1.20. The van der Waals surface area contributed by atoms with Crippen LogP contribution in [-0.2, 0) is 4.74 Å². The summed E-state index contributed by atoms with van der Waals surface area (Å²) < 4.78 is 5.67. The quantitative estimate of drug-likeness (QED) is 0.910. The van der Waals surface area contributed by atoms with Gasteiger partial charge in [0, 0.05) is 11.9 Å². The third-order valence-corrected chi connectivity index (χ3v) is 4.24. The highest BCUT2D eigenvalue weighted by Gasteiger charge is 2.34. The van der Waals surface area contributed by atoms with Gasteiger partial charge in [-0.25, -0.2) is 9.97 Å². The van der Waals surface area contributed by atoms with Crippen LogP contribution in [0.3, 0.4) is 0 Å². The Morgan fingerprint density at radius 2 is 2.10 bits per heavy atom. The maximum atomic E-state index is 5.67. The Labute approximate surface area is 120 Å². The van der Waals surface area contributed by atoms with Crippen molar-refractivity contribution >= 4 is 5.95 Å². The highest BCUT2D eigenvalue weighted by atomic mass is 16.5. The third kappa shape index (κ3) is 2.94. The number of rotatable bonds is 4. The lowest BCUT2D eigenvalue weighted by molar-refractivity contribution is 0.159. The number of nitrogens with zero attached hydrogens (tertiary/aromatic N) is 3. The van der Waals surface area contributed by atoms with Crippen molar-refractivity contribution in [3.8, 4) is 0 Å². The van der Waals surface area contributed by atoms with Gasteiger partial charge in [0.05, 0.1) is 25.3 Å². The van der Waals surface area contributed by atoms with Crippen molar-refractivity contribution in [1.29, 1.82) is 0 Å². The molecular formula is C15H24N4O. The van der Waals surface area contributed by atoms with Crippen LogP contribution in [-0.4, -0.2) is 53.3 Å². The fourth-order valence-electron chi connectivity index (χ4n) is 3.04. The number of ether oxygens (including phenoxy) is 1. The monoisotopic (exact) mass is 276 g/mol. The highest BCUT2D eigenvalue weighted by molar-refractivity contribution is 5.29. The van der Waals surface area contributed by atoms with Crippen LogP contribution in [0.1, 0.15) is 38.3 Å². The second-order valence-electron chi connectivity index (χ2n) is 6.06. The van der Waals surface area contributed by atoms with Gasteiger partial charge in [-0.15, -0.1) is 0 Å². The van der Waals surface area contributed by atoms with Crippen molar-refractivity contribution in [2.24, 2.45) is 0 Å². The van der Waals surface area contributed by atoms with Gasteiger partial charge in [-0.1, -0.05) is 13.8 Å². The summed E-state index contributed by atoms with van der Waals surface area (Å²) in [5.41, 5.74) is 1.08. The molecule has 3 rings (SSSR count). The van der Waals surface area contributed by atoms with Crippen molar-refractivity contribution in [2.75, 3.05) is 31.6 Å². The first-order valence-corrected chi connectivity index (χ1v) is 7.65. The summed E-state index contributed by atoms with van der Waals surface area (Å²) in [5.74, 6) is 1.16. The lowest BCUT2D eigenvalue weighted by atomic mass is 10.1. The van der Waals surface area contributed by atoms with Gasteiger partial charge in [-0.3, -0.25) is 4.90 Å². The Kier molecular flexibility index (Phi) is 4.17. The Balaban J connectivity index is 1.68. The van der Waals surface area contributed by atoms with Gasteiger partial charge >= 0.3 is 0 Å². The topological polar surface area (TPSA) is 50.3 Å². The molecule has 0 aliphatic carbocycles. The molecule has 1 N–H and O–H groups in total. The number of hydrogen-bond donors (Lipinski definition) is 1. The van der Waals surface area contributed by atoms with Crippen LogP contribution in [0.2, 0.25) is 0 Å². The van der Waals surface area contributed by atoms with Crippen LogP contribution < -0.4 is 5.32 Å². The molecule has 110 valence electrons. The molecule has 1 aromatic rings. The van der Waals surface area contributed by atoms with E-state index in [1.807, 2.05) is 12.3 Å². The first-order valence-electron chi connectivity index (χ1n) is 7.65. The van der Waals surface area contributed by atoms with E-state index in [4.69, 9.17) is 4.74 Å². The van der Waals surface area contributed by atoms with Gasteiger partial charge in [0.1, 0.15) is 0 Å². The Morgan fingerprint density at radius 1 is 1.30 bits per heavy atom. The average molecular weight is 276 g/mol. The van der Waals surface area contributed by atoms with Crippen molar-refractivity contribution in [3.05, 3.63) is 18.0 Å². The molecule has 0 radical (unpaired) electrons. The van der Waals surface area contributed by atoms with Gasteiger partial charge < -0.3 is 10.1 Å². The standard InChI is InChI=1S/C15H24N4O/c1-11(2)12-5-6-16-15(17-12)18-13-9-20-10-14(13)19-7-3-4-8-19/h5-6,11,13-14H,3-4,7-10H2,1-2H3,(H,16,17,18)/t13-,14-/m1/s1. The zero-order chi connectivity index (χ0) is 13.9. The van der Waals surface area contributed by atoms with Crippen LogP contribution in [0, 0.1) is 0 Å². The van der Waals surface area contributed by atoms with Crippen LogP contribution in [0.4, 0.5) is 5.95 Å². The molecule has 2 fully saturated rings. The van der Waals surface area contributed by atoms with Crippen molar-refractivity contribution in [3.63, 3.8) is 0 Å². The van der Waals surface area contributed by atoms with E-state index >= 15 is 0 Å². The summed E-state index contributed by atoms with van der Waals surface area (Å²) in [7, 11) is 0. The summed E-state index contributed by atoms with van der Waals surface area (Å²) in [6.07, 6.45) is 4.45. The molecule has 2 atom stereocenters. The van der Waals surface area contributed by atoms with Crippen LogP contribution in [0.15, 0.2) is 12.3 Å². The minimum atomic E-state index is 0.301. The van der Waals surface area contributed by atoms with E-state index in [-0.39, 0.29) is 0 Å². The smallest absolute Gasteiger partial charge is 0.223 e. The van der Waals surface area contributed by atoms with Gasteiger partial charge in [0.15, 0.2) is 0 Å². The average Bonchev–Trinajstić information content (AvgIpc) is 3.09. The van der Waals surface area contributed by atoms with Crippen molar-refractivity contribution in [1.82, 2.24) is 14.9 Å². The largest absolute Gasteiger partial charge is 0.378 e. The predicted octanol–water partition coefficient (Wildman–Crippen LogP) is 1.88. The van der Waals surface area contributed by atoms with Crippen molar-refractivity contribution in [2.45, 2.75) is 44.7 Å². The minimum absolute atomic E-state index is 0.301. The van der Waals surface area contributed by atoms with Gasteiger partial charge in [-0.05, 0) is 37.9 Å². The van der Waals surface area contributed by atoms with Gasteiger partial charge in [-0.2, -0.15) is 0 Å². The molecule has 0 amide bonds. The molecule has 5 heteroatoms. The summed E-state index contributed by atoms with van der Waals surface area (Å²) >= 11 is 0. The van der Waals surface area contributed by atoms with Gasteiger partial charge in [0.2, 0.25) is 5.95 Å². The fraction of sp³-hybridized carbons (Fsp3) is 0.733. The lowest BCUT2D eigenvalue weighted by Gasteiger charge is -2.28. The Bertz CT molecular complexity index is 445. The highest BCUT2D eigenvalue weighted by Crippen LogP contribution is 2.21. The number of aromatic nitrogens is 2. The molecule has 3 heterocycles. The first kappa shape index (κ1) is 13.8. The second-order valence-corrected chi connectivity index (χ2v) is 6.06. The number of nitrogens with one attached hydrogen (secondary N) is 1. The van der Waals surface area contributed by atoms with E-state index in [1.165, 1.54) is 25.9 Å². The first-order chi connectivity index (χ1) is 9.74. The molecule has 2 saturated heterocycles. The molecule has 0 saturated carbocycles. The third-order valence-electron chi connectivity index (χ3n) is 4.24. The second kappa shape index (κ2) is 6.06. The van der Waals surface area contributed by atoms with E-state index in [0.29, 0.717) is 18.0 Å². The maximum absolute atomic E-state index is 5.67. The molecule has 0 aromatic carbocycles. The molecular weight excluding hydrogens is 252 g/mol. The van der Waals surface area contributed by atoms with E-state index in [0.717, 1.165) is 24.9 Å². The maximum Gasteiger partial charge on any atom is 0.223 e. The zero-order valence-electron chi connectivity index (χ0n) is 12.4. The number of hydrogen-bond acceptors (Lipinski definition) is 5. The molecule has 2 aliphatic rings. The summed E-state index contributed by atoms with van der Waals surface area (Å²) in [6, 6.07) is 2.75. The summed E-state index contributed by atoms with van der Waals surface area (Å²) in [4.78, 5) is 11.5. The van der Waals surface area contributed by atoms with Crippen LogP contribution in [0.25, 0.3) is 0 Å². The molecule has 0 spiro atoms. The predicted molar refractivity (Wildman–Crippen MR) is 78.9 cm³/mol. The SMILES string of the molecule is CC(C)c1ccnc(N[C@@H]2COC[C@H]2N2CCCC2)n1. The molecule has 1 aromatic heterocycles. The number of anilines is 1. The van der Waals surface area contributed by atoms with Crippen molar-refractivity contribution < 1.29 is 4.74 Å². The number of likely N-dealkylation sites (tertiary alicyclic amines) is 1. The molecule has 0 unspecified atom stereocenters. The van der Waals surface area contributed by atoms with E-state index in [2.05, 4.69) is 34.0 Å². The van der Waals surface area contributed by atoms with Crippen LogP contribution >= 0.6 is 0 Å². The molecule has 20 heavy (non-hydrogen) atoms. The molecule has 0 bridgehead atoms. The van der Waals surface area contributed by atoms with E-state index < -0.39 is 0 Å². The molecule has 2 aliphatic heterocycles. The summed E-state index contributed by atoms with van der Waals surface area (Å²) in [5, 5.41) is 3.47. The van der Waals surface area contributed by atoms with E-state index in [1.54, 1.807) is 0 Å². The van der Waals surface area contributed by atoms with Gasteiger partial charge in [0.25, 0.3) is 0 Å². The van der Waals surface area contributed by atoms with E-state index in [9.17, 15) is 0 Å².